The Bertz CT molecular complexity index is 783. The summed E-state index contributed by atoms with van der Waals surface area (Å²) in [6, 6.07) is 4.20. The van der Waals surface area contributed by atoms with Gasteiger partial charge in [0.25, 0.3) is 5.56 Å². The number of nitrogens with zero attached hydrogens (tertiary/aromatic N) is 2. The SMILES string of the molecule is C.O=c1[nH]c(CSC2CCOCC2)nc2nc(NC3CCCC3)ccc12. The van der Waals surface area contributed by atoms with Crippen LogP contribution in [-0.2, 0) is 10.5 Å². The van der Waals surface area contributed by atoms with E-state index in [4.69, 9.17) is 4.74 Å². The van der Waals surface area contributed by atoms with Crippen LogP contribution < -0.4 is 10.9 Å². The normalized spacial score (nSPS) is 18.8. The van der Waals surface area contributed by atoms with Gasteiger partial charge in [-0.3, -0.25) is 4.79 Å². The Labute approximate surface area is 158 Å². The topological polar surface area (TPSA) is 79.9 Å². The van der Waals surface area contributed by atoms with Crippen LogP contribution in [-0.4, -0.2) is 39.5 Å². The zero-order chi connectivity index (χ0) is 17.1. The largest absolute Gasteiger partial charge is 0.381 e. The minimum Gasteiger partial charge on any atom is -0.381 e. The number of ether oxygens (including phenoxy) is 1. The molecule has 7 heteroatoms. The summed E-state index contributed by atoms with van der Waals surface area (Å²) in [7, 11) is 0. The summed E-state index contributed by atoms with van der Waals surface area (Å²) in [4.78, 5) is 24.4. The van der Waals surface area contributed by atoms with Gasteiger partial charge in [-0.1, -0.05) is 20.3 Å². The first kappa shape index (κ1) is 19.2. The van der Waals surface area contributed by atoms with Gasteiger partial charge in [0.2, 0.25) is 0 Å². The van der Waals surface area contributed by atoms with Crippen LogP contribution >= 0.6 is 11.8 Å². The van der Waals surface area contributed by atoms with E-state index in [9.17, 15) is 4.79 Å². The number of pyridine rings is 1. The van der Waals surface area contributed by atoms with Crippen LogP contribution in [0.25, 0.3) is 11.0 Å². The number of H-pyrrole nitrogens is 1. The Kier molecular flexibility index (Phi) is 6.53. The Hall–Kier alpha value is -1.60. The smallest absolute Gasteiger partial charge is 0.260 e. The van der Waals surface area contributed by atoms with E-state index in [0.29, 0.717) is 33.9 Å². The third-order valence-electron chi connectivity index (χ3n) is 4.95. The van der Waals surface area contributed by atoms with Crippen LogP contribution in [0.2, 0.25) is 0 Å². The number of anilines is 1. The Balaban J connectivity index is 0.00000196. The van der Waals surface area contributed by atoms with Gasteiger partial charge in [0.15, 0.2) is 5.65 Å². The molecular formula is C19H28N4O2S. The first-order chi connectivity index (χ1) is 12.3. The molecule has 142 valence electrons. The third kappa shape index (κ3) is 4.57. The lowest BCUT2D eigenvalue weighted by molar-refractivity contribution is 0.1000. The van der Waals surface area contributed by atoms with Crippen LogP contribution in [0.4, 0.5) is 5.82 Å². The van der Waals surface area contributed by atoms with E-state index >= 15 is 0 Å². The number of thioether (sulfide) groups is 1. The van der Waals surface area contributed by atoms with Crippen molar-refractivity contribution in [3.8, 4) is 0 Å². The maximum absolute atomic E-state index is 12.3. The lowest BCUT2D eigenvalue weighted by Crippen LogP contribution is -2.19. The summed E-state index contributed by atoms with van der Waals surface area (Å²) in [5, 5.41) is 4.61. The Morgan fingerprint density at radius 1 is 1.15 bits per heavy atom. The van der Waals surface area contributed by atoms with Gasteiger partial charge in [-0.15, -0.1) is 0 Å². The molecule has 0 spiro atoms. The molecule has 1 saturated carbocycles. The first-order valence-electron chi connectivity index (χ1n) is 9.14. The van der Waals surface area contributed by atoms with E-state index in [1.165, 1.54) is 25.7 Å². The third-order valence-corrected chi connectivity index (χ3v) is 6.33. The quantitative estimate of drug-likeness (QED) is 0.828. The standard InChI is InChI=1S/C18H24N4O2S.CH4/c23-18-14-5-6-15(19-12-3-1-2-4-12)20-17(14)21-16(22-18)11-25-13-7-9-24-10-8-13;/h5-6,12-13H,1-4,7-11H2,(H2,19,20,21,22,23);1H4. The second kappa shape index (κ2) is 8.86. The maximum Gasteiger partial charge on any atom is 0.260 e. The van der Waals surface area contributed by atoms with Crippen molar-refractivity contribution in [2.45, 2.75) is 63.0 Å². The molecule has 0 aromatic carbocycles. The van der Waals surface area contributed by atoms with E-state index in [2.05, 4.69) is 20.3 Å². The molecular weight excluding hydrogens is 348 g/mol. The van der Waals surface area contributed by atoms with E-state index in [0.717, 1.165) is 31.9 Å². The second-order valence-electron chi connectivity index (χ2n) is 6.83. The highest BCUT2D eigenvalue weighted by Crippen LogP contribution is 2.25. The van der Waals surface area contributed by atoms with Crippen molar-refractivity contribution in [2.24, 2.45) is 0 Å². The summed E-state index contributed by atoms with van der Waals surface area (Å²) < 4.78 is 5.39. The van der Waals surface area contributed by atoms with Crippen molar-refractivity contribution in [2.75, 3.05) is 18.5 Å². The average Bonchev–Trinajstić information content (AvgIpc) is 3.14. The zero-order valence-electron chi connectivity index (χ0n) is 14.3. The molecule has 6 nitrogen and oxygen atoms in total. The number of aromatic nitrogens is 3. The molecule has 3 heterocycles. The minimum atomic E-state index is -0.104. The molecule has 2 aromatic heterocycles. The van der Waals surface area contributed by atoms with E-state index in [1.807, 2.05) is 23.9 Å². The number of nitrogens with one attached hydrogen (secondary N) is 2. The van der Waals surface area contributed by atoms with Crippen LogP contribution in [0.3, 0.4) is 0 Å². The molecule has 1 saturated heterocycles. The van der Waals surface area contributed by atoms with Gasteiger partial charge >= 0.3 is 0 Å². The molecule has 0 radical (unpaired) electrons. The molecule has 26 heavy (non-hydrogen) atoms. The molecule has 2 aliphatic rings. The monoisotopic (exact) mass is 376 g/mol. The van der Waals surface area contributed by atoms with Crippen LogP contribution in [0.15, 0.2) is 16.9 Å². The predicted octanol–water partition coefficient (Wildman–Crippen LogP) is 3.72. The summed E-state index contributed by atoms with van der Waals surface area (Å²) >= 11 is 1.84. The van der Waals surface area contributed by atoms with Gasteiger partial charge in [-0.2, -0.15) is 11.8 Å². The van der Waals surface area contributed by atoms with Crippen molar-refractivity contribution in [1.82, 2.24) is 15.0 Å². The summed E-state index contributed by atoms with van der Waals surface area (Å²) in [6.07, 6.45) is 7.06. The molecule has 0 atom stereocenters. The van der Waals surface area contributed by atoms with Gasteiger partial charge in [-0.05, 0) is 37.8 Å². The van der Waals surface area contributed by atoms with Gasteiger partial charge in [-0.25, -0.2) is 9.97 Å². The molecule has 0 unspecified atom stereocenters. The molecule has 1 aliphatic heterocycles. The number of fused-ring (bicyclic) bond motifs is 1. The fourth-order valence-electron chi connectivity index (χ4n) is 3.53. The molecule has 2 fully saturated rings. The van der Waals surface area contributed by atoms with Crippen LogP contribution in [0, 0.1) is 0 Å². The average molecular weight is 377 g/mol. The van der Waals surface area contributed by atoms with Crippen molar-refractivity contribution < 1.29 is 4.74 Å². The zero-order valence-corrected chi connectivity index (χ0v) is 15.1. The predicted molar refractivity (Wildman–Crippen MR) is 108 cm³/mol. The van der Waals surface area contributed by atoms with Crippen molar-refractivity contribution in [1.29, 1.82) is 0 Å². The van der Waals surface area contributed by atoms with Crippen molar-refractivity contribution in [3.63, 3.8) is 0 Å². The number of rotatable bonds is 5. The highest BCUT2D eigenvalue weighted by atomic mass is 32.2. The fourth-order valence-corrected chi connectivity index (χ4v) is 4.59. The number of hydrogen-bond donors (Lipinski definition) is 2. The van der Waals surface area contributed by atoms with Gasteiger partial charge in [0, 0.05) is 24.5 Å². The molecule has 0 bridgehead atoms. The van der Waals surface area contributed by atoms with Crippen LogP contribution in [0.5, 0.6) is 0 Å². The Morgan fingerprint density at radius 2 is 1.92 bits per heavy atom. The molecule has 4 rings (SSSR count). The molecule has 1 aliphatic carbocycles. The summed E-state index contributed by atoms with van der Waals surface area (Å²) in [5.41, 5.74) is 0.432. The summed E-state index contributed by atoms with van der Waals surface area (Å²) in [5.74, 6) is 2.23. The molecule has 2 N–H and O–H groups in total. The number of hydrogen-bond acceptors (Lipinski definition) is 6. The summed E-state index contributed by atoms with van der Waals surface area (Å²) in [6.45, 7) is 1.66. The van der Waals surface area contributed by atoms with Gasteiger partial charge < -0.3 is 15.0 Å². The molecule has 2 aromatic rings. The van der Waals surface area contributed by atoms with E-state index in [1.54, 1.807) is 0 Å². The van der Waals surface area contributed by atoms with Crippen molar-refractivity contribution >= 4 is 28.6 Å². The van der Waals surface area contributed by atoms with Gasteiger partial charge in [0.05, 0.1) is 11.1 Å². The van der Waals surface area contributed by atoms with Gasteiger partial charge in [0.1, 0.15) is 11.6 Å². The molecule has 0 amide bonds. The lowest BCUT2D eigenvalue weighted by atomic mass is 10.2. The maximum atomic E-state index is 12.3. The number of aromatic amines is 1. The van der Waals surface area contributed by atoms with E-state index < -0.39 is 0 Å². The van der Waals surface area contributed by atoms with Crippen molar-refractivity contribution in [3.05, 3.63) is 28.3 Å². The first-order valence-corrected chi connectivity index (χ1v) is 10.2. The fraction of sp³-hybridized carbons (Fsp3) is 0.632. The Morgan fingerprint density at radius 3 is 2.69 bits per heavy atom. The second-order valence-corrected chi connectivity index (χ2v) is 8.12. The lowest BCUT2D eigenvalue weighted by Gasteiger charge is -2.21. The van der Waals surface area contributed by atoms with E-state index in [-0.39, 0.29) is 13.0 Å². The van der Waals surface area contributed by atoms with Crippen LogP contribution in [0.1, 0.15) is 51.8 Å². The highest BCUT2D eigenvalue weighted by molar-refractivity contribution is 7.99. The highest BCUT2D eigenvalue weighted by Gasteiger charge is 2.17. The minimum absolute atomic E-state index is 0.